The van der Waals surface area contributed by atoms with Crippen LogP contribution in [-0.4, -0.2) is 30.1 Å². The minimum atomic E-state index is -0.513. The number of rotatable bonds is 8. The Morgan fingerprint density at radius 2 is 2.16 bits per heavy atom. The molecule has 134 valence electrons. The van der Waals surface area contributed by atoms with Gasteiger partial charge in [-0.3, -0.25) is 0 Å². The lowest BCUT2D eigenvalue weighted by molar-refractivity contribution is 0.201. The van der Waals surface area contributed by atoms with Gasteiger partial charge in [-0.25, -0.2) is 0 Å². The molecular weight excluding hydrogens is 350 g/mol. The molecule has 0 fully saturated rings. The average Bonchev–Trinajstić information content (AvgIpc) is 3.08. The molecule has 0 aliphatic rings. The van der Waals surface area contributed by atoms with E-state index in [0.717, 1.165) is 23.5 Å². The van der Waals surface area contributed by atoms with E-state index < -0.39 is 5.54 Å². The van der Waals surface area contributed by atoms with Crippen LogP contribution in [-0.2, 0) is 6.42 Å². The number of thioether (sulfide) groups is 1. The fraction of sp³-hybridized carbons (Fsp3) is 0.400. The summed E-state index contributed by atoms with van der Waals surface area (Å²) in [4.78, 5) is 3.51. The van der Waals surface area contributed by atoms with Gasteiger partial charge in [0.15, 0.2) is 0 Å². The summed E-state index contributed by atoms with van der Waals surface area (Å²) < 4.78 is 5.73. The van der Waals surface area contributed by atoms with Crippen LogP contribution in [0.1, 0.15) is 29.5 Å². The summed E-state index contributed by atoms with van der Waals surface area (Å²) in [6.07, 6.45) is 4.38. The zero-order valence-corrected chi connectivity index (χ0v) is 16.4. The van der Waals surface area contributed by atoms with Crippen LogP contribution in [0.15, 0.2) is 41.3 Å². The molecule has 1 atom stereocenters. The second kappa shape index (κ2) is 9.88. The molecule has 3 N–H and O–H groups in total. The van der Waals surface area contributed by atoms with Gasteiger partial charge in [0.2, 0.25) is 0 Å². The van der Waals surface area contributed by atoms with Gasteiger partial charge < -0.3 is 15.6 Å². The maximum Gasteiger partial charge on any atom is 0.120 e. The Bertz CT molecular complexity index is 729. The predicted octanol–water partition coefficient (Wildman–Crippen LogP) is 3.93. The highest BCUT2D eigenvalue weighted by Crippen LogP contribution is 2.21. The zero-order chi connectivity index (χ0) is 18.1. The van der Waals surface area contributed by atoms with Crippen LogP contribution >= 0.6 is 23.1 Å². The minimum absolute atomic E-state index is 0.00485. The number of aliphatic hydroxyl groups is 1. The number of nitrogens with two attached hydrogens (primary N) is 1. The van der Waals surface area contributed by atoms with E-state index in [4.69, 9.17) is 10.5 Å². The molecular formula is C20H25NO2S2. The molecule has 25 heavy (non-hydrogen) atoms. The summed E-state index contributed by atoms with van der Waals surface area (Å²) >= 11 is 3.39. The molecule has 1 unspecified atom stereocenters. The van der Waals surface area contributed by atoms with E-state index in [1.807, 2.05) is 31.2 Å². The number of hydrogen-bond donors (Lipinski definition) is 2. The van der Waals surface area contributed by atoms with Gasteiger partial charge in [0, 0.05) is 21.7 Å². The van der Waals surface area contributed by atoms with Crippen molar-refractivity contribution in [1.29, 1.82) is 0 Å². The number of aliphatic hydroxyl groups excluding tert-OH is 1. The summed E-state index contributed by atoms with van der Waals surface area (Å²) in [5.74, 6) is 7.24. The Morgan fingerprint density at radius 1 is 1.32 bits per heavy atom. The monoisotopic (exact) mass is 375 g/mol. The first-order valence-corrected chi connectivity index (χ1v) is 10.3. The smallest absolute Gasteiger partial charge is 0.120 e. The largest absolute Gasteiger partial charge is 0.493 e. The second-order valence-corrected chi connectivity index (χ2v) is 8.21. The Kier molecular flexibility index (Phi) is 7.86. The molecule has 1 aromatic carbocycles. The van der Waals surface area contributed by atoms with Crippen molar-refractivity contribution in [3.05, 3.63) is 46.2 Å². The number of hydrogen-bond acceptors (Lipinski definition) is 5. The quantitative estimate of drug-likeness (QED) is 0.417. The maximum atomic E-state index is 9.20. The normalized spacial score (nSPS) is 13.0. The molecule has 0 spiro atoms. The summed E-state index contributed by atoms with van der Waals surface area (Å²) in [7, 11) is 0. The van der Waals surface area contributed by atoms with E-state index in [9.17, 15) is 5.11 Å². The van der Waals surface area contributed by atoms with Crippen LogP contribution in [0.25, 0.3) is 0 Å². The van der Waals surface area contributed by atoms with Crippen LogP contribution in [0.4, 0.5) is 0 Å². The highest BCUT2D eigenvalue weighted by molar-refractivity contribution is 7.98. The van der Waals surface area contributed by atoms with Crippen LogP contribution < -0.4 is 10.5 Å². The summed E-state index contributed by atoms with van der Waals surface area (Å²) in [5.41, 5.74) is 5.45. The number of aryl methyl sites for hydroxylation is 1. The topological polar surface area (TPSA) is 55.5 Å². The highest BCUT2D eigenvalue weighted by Gasteiger charge is 2.16. The maximum absolute atomic E-state index is 9.20. The van der Waals surface area contributed by atoms with Crippen LogP contribution in [0, 0.1) is 11.8 Å². The third-order valence-electron chi connectivity index (χ3n) is 3.71. The molecule has 0 saturated carbocycles. The van der Waals surface area contributed by atoms with Gasteiger partial charge in [0.05, 0.1) is 18.1 Å². The van der Waals surface area contributed by atoms with Crippen molar-refractivity contribution in [2.24, 2.45) is 5.73 Å². The summed E-state index contributed by atoms with van der Waals surface area (Å²) in [6, 6.07) is 12.2. The first kappa shape index (κ1) is 19.9. The third kappa shape index (κ3) is 7.13. The lowest BCUT2D eigenvalue weighted by Crippen LogP contribution is -2.40. The number of thiophene rings is 1. The van der Waals surface area contributed by atoms with E-state index in [1.165, 1.54) is 9.77 Å². The molecule has 0 bridgehead atoms. The molecule has 2 aromatic rings. The van der Waals surface area contributed by atoms with Crippen molar-refractivity contribution in [1.82, 2.24) is 0 Å². The van der Waals surface area contributed by atoms with Crippen molar-refractivity contribution in [2.75, 3.05) is 19.5 Å². The van der Waals surface area contributed by atoms with Crippen LogP contribution in [0.5, 0.6) is 5.75 Å². The lowest BCUT2D eigenvalue weighted by Gasteiger charge is -2.20. The van der Waals surface area contributed by atoms with Crippen molar-refractivity contribution in [3.8, 4) is 17.6 Å². The highest BCUT2D eigenvalue weighted by atomic mass is 32.2. The number of ether oxygens (including phenoxy) is 1. The van der Waals surface area contributed by atoms with Crippen LogP contribution in [0.2, 0.25) is 0 Å². The summed E-state index contributed by atoms with van der Waals surface area (Å²) in [6.45, 7) is 2.46. The van der Waals surface area contributed by atoms with Crippen molar-refractivity contribution in [2.45, 2.75) is 36.6 Å². The molecule has 0 amide bonds. The molecule has 1 heterocycles. The molecule has 3 nitrogen and oxygen atoms in total. The van der Waals surface area contributed by atoms with Gasteiger partial charge in [0.25, 0.3) is 0 Å². The minimum Gasteiger partial charge on any atom is -0.493 e. The first-order chi connectivity index (χ1) is 12.0. The fourth-order valence-electron chi connectivity index (χ4n) is 2.13. The predicted molar refractivity (Wildman–Crippen MR) is 108 cm³/mol. The fourth-order valence-corrected chi connectivity index (χ4v) is 3.46. The summed E-state index contributed by atoms with van der Waals surface area (Å²) in [5, 5.41) is 9.20. The van der Waals surface area contributed by atoms with E-state index in [-0.39, 0.29) is 6.61 Å². The van der Waals surface area contributed by atoms with Crippen molar-refractivity contribution in [3.63, 3.8) is 0 Å². The Hall–Kier alpha value is -1.45. The Balaban J connectivity index is 1.76. The molecule has 0 aliphatic heterocycles. The standard InChI is InChI=1S/C20H25NO2S2/c1-20(21,15-22)12-11-18-10-9-17(25-18)7-3-4-13-23-16-6-5-8-19(14-16)24-2/h5-6,8-10,14,22H,4,11-13,15,21H2,1-2H3. The molecule has 5 heteroatoms. The van der Waals surface area contributed by atoms with Gasteiger partial charge in [-0.05, 0) is 56.4 Å². The van der Waals surface area contributed by atoms with Crippen molar-refractivity contribution < 1.29 is 9.84 Å². The molecule has 2 rings (SSSR count). The van der Waals surface area contributed by atoms with Gasteiger partial charge in [-0.15, -0.1) is 23.1 Å². The van der Waals surface area contributed by atoms with E-state index in [2.05, 4.69) is 30.2 Å². The number of benzene rings is 1. The van der Waals surface area contributed by atoms with Gasteiger partial charge >= 0.3 is 0 Å². The average molecular weight is 376 g/mol. The molecule has 0 aliphatic carbocycles. The first-order valence-electron chi connectivity index (χ1n) is 8.26. The van der Waals surface area contributed by atoms with E-state index in [1.54, 1.807) is 23.1 Å². The SMILES string of the molecule is CSc1cccc(OCCC#Cc2ccc(CCC(C)(N)CO)s2)c1. The van der Waals surface area contributed by atoms with Gasteiger partial charge in [-0.1, -0.05) is 17.9 Å². The van der Waals surface area contributed by atoms with Crippen molar-refractivity contribution >= 4 is 23.1 Å². The molecule has 1 aromatic heterocycles. The van der Waals surface area contributed by atoms with Gasteiger partial charge in [-0.2, -0.15) is 0 Å². The molecule has 0 saturated heterocycles. The van der Waals surface area contributed by atoms with Gasteiger partial charge in [0.1, 0.15) is 5.75 Å². The van der Waals surface area contributed by atoms with Crippen LogP contribution in [0.3, 0.4) is 0 Å². The van der Waals surface area contributed by atoms with E-state index >= 15 is 0 Å². The Morgan fingerprint density at radius 3 is 2.92 bits per heavy atom. The second-order valence-electron chi connectivity index (χ2n) is 6.16. The third-order valence-corrected chi connectivity index (χ3v) is 5.50. The molecule has 0 radical (unpaired) electrons. The Labute approximate surface area is 158 Å². The van der Waals surface area contributed by atoms with E-state index in [0.29, 0.717) is 13.0 Å². The lowest BCUT2D eigenvalue weighted by atomic mass is 9.98. The zero-order valence-electron chi connectivity index (χ0n) is 14.7.